The number of benzene rings is 2. The van der Waals surface area contributed by atoms with Gasteiger partial charge in [-0.05, 0) is 74.6 Å². The summed E-state index contributed by atoms with van der Waals surface area (Å²) in [4.78, 5) is 30.6. The van der Waals surface area contributed by atoms with Gasteiger partial charge in [-0.1, -0.05) is 82.3 Å². The van der Waals surface area contributed by atoms with Gasteiger partial charge >= 0.3 is 12.1 Å². The van der Waals surface area contributed by atoms with Crippen LogP contribution in [-0.4, -0.2) is 28.3 Å². The second kappa shape index (κ2) is 13.1. The second-order valence-corrected chi connectivity index (χ2v) is 13.7. The molecule has 5 nitrogen and oxygen atoms in total. The van der Waals surface area contributed by atoms with Gasteiger partial charge in [0.2, 0.25) is 0 Å². The molecule has 44 heavy (non-hydrogen) atoms. The molecule has 0 spiro atoms. The predicted octanol–water partition coefficient (Wildman–Crippen LogP) is 8.66. The number of aryl methyl sites for hydroxylation is 1. The van der Waals surface area contributed by atoms with E-state index in [-0.39, 0.29) is 36.7 Å². The van der Waals surface area contributed by atoms with Crippen molar-refractivity contribution in [2.75, 3.05) is 6.61 Å². The van der Waals surface area contributed by atoms with E-state index in [1.54, 1.807) is 4.57 Å². The summed E-state index contributed by atoms with van der Waals surface area (Å²) in [5, 5.41) is 0. The van der Waals surface area contributed by atoms with Crippen LogP contribution in [-0.2, 0) is 27.9 Å². The van der Waals surface area contributed by atoms with Gasteiger partial charge in [0, 0.05) is 12.0 Å². The Morgan fingerprint density at radius 1 is 0.909 bits per heavy atom. The highest BCUT2D eigenvalue weighted by atomic mass is 19.4. The molecule has 0 amide bonds. The molecule has 3 aliphatic carbocycles. The fourth-order valence-corrected chi connectivity index (χ4v) is 7.20. The van der Waals surface area contributed by atoms with E-state index in [4.69, 9.17) is 4.74 Å². The van der Waals surface area contributed by atoms with Crippen LogP contribution in [0.3, 0.4) is 0 Å². The summed E-state index contributed by atoms with van der Waals surface area (Å²) in [6, 6.07) is 15.7. The van der Waals surface area contributed by atoms with Crippen molar-refractivity contribution in [3.05, 3.63) is 75.7 Å². The summed E-state index contributed by atoms with van der Waals surface area (Å²) in [6.45, 7) is 7.24. The molecular weight excluding hydrogens is 565 g/mol. The Bertz CT molecular complexity index is 1490. The molecule has 0 radical (unpaired) electrons. The summed E-state index contributed by atoms with van der Waals surface area (Å²) in [6.07, 6.45) is 3.51. The second-order valence-electron chi connectivity index (χ2n) is 13.7. The number of nitrogens with zero attached hydrogens (tertiary/aromatic N) is 2. The molecule has 1 atom stereocenters. The highest BCUT2D eigenvalue weighted by Crippen LogP contribution is 2.78. The SMILES string of the molecule is CC(C)Cc1ccc(C(C)C(=O)OCCCCCCCCCn2c(=O)c(C34CC(C(F)(F)F)(C3)C4)nc3ccccc32)cc1. The lowest BCUT2D eigenvalue weighted by Crippen LogP contribution is -2.71. The highest BCUT2D eigenvalue weighted by molar-refractivity contribution is 5.77. The molecule has 0 N–H and O–H groups in total. The normalized spacial score (nSPS) is 21.6. The van der Waals surface area contributed by atoms with Gasteiger partial charge in [-0.25, -0.2) is 4.98 Å². The lowest BCUT2D eigenvalue weighted by molar-refractivity contribution is -0.338. The van der Waals surface area contributed by atoms with Crippen LogP contribution in [0.25, 0.3) is 11.0 Å². The molecule has 0 saturated heterocycles. The Morgan fingerprint density at radius 2 is 1.52 bits per heavy atom. The maximum atomic E-state index is 13.5. The van der Waals surface area contributed by atoms with Gasteiger partial charge in [0.05, 0.1) is 29.0 Å². The fourth-order valence-electron chi connectivity index (χ4n) is 7.20. The van der Waals surface area contributed by atoms with E-state index in [0.29, 0.717) is 30.3 Å². The Labute approximate surface area is 258 Å². The third kappa shape index (κ3) is 6.59. The number of halogens is 3. The lowest BCUT2D eigenvalue weighted by atomic mass is 9.34. The fraction of sp³-hybridized carbons (Fsp3) is 0.583. The monoisotopic (exact) mass is 610 g/mol. The van der Waals surface area contributed by atoms with Crippen LogP contribution in [0, 0.1) is 11.3 Å². The molecular formula is C36H45F3N2O3. The third-order valence-corrected chi connectivity index (χ3v) is 9.73. The zero-order valence-corrected chi connectivity index (χ0v) is 26.2. The van der Waals surface area contributed by atoms with Crippen molar-refractivity contribution in [3.63, 3.8) is 0 Å². The number of rotatable bonds is 15. The maximum Gasteiger partial charge on any atom is 0.394 e. The quantitative estimate of drug-likeness (QED) is 0.128. The molecule has 2 aromatic carbocycles. The molecule has 6 rings (SSSR count). The number of esters is 1. The standard InChI is InChI=1S/C36H45F3N2O3/c1-25(2)21-27-15-17-28(18-16-27)26(3)33(43)44-20-12-8-6-4-5-7-11-19-41-30-14-10-9-13-29(30)40-31(32(41)42)34-22-35(23-34,24-34)36(37,38)39/h9-10,13-18,25-26H,4-8,11-12,19-24H2,1-3H3. The van der Waals surface area contributed by atoms with Gasteiger partial charge in [-0.3, -0.25) is 9.59 Å². The van der Waals surface area contributed by atoms with E-state index >= 15 is 0 Å². The summed E-state index contributed by atoms with van der Waals surface area (Å²) < 4.78 is 47.6. The van der Waals surface area contributed by atoms with E-state index in [1.807, 2.05) is 43.3 Å². The molecule has 3 fully saturated rings. The van der Waals surface area contributed by atoms with E-state index in [2.05, 4.69) is 31.0 Å². The molecule has 8 heteroatoms. The zero-order chi connectivity index (χ0) is 31.5. The van der Waals surface area contributed by atoms with Crippen molar-refractivity contribution in [1.29, 1.82) is 0 Å². The maximum absolute atomic E-state index is 13.5. The van der Waals surface area contributed by atoms with Crippen molar-refractivity contribution in [2.24, 2.45) is 11.3 Å². The first kappa shape index (κ1) is 32.2. The number of aromatic nitrogens is 2. The number of hydrogen-bond donors (Lipinski definition) is 0. The topological polar surface area (TPSA) is 61.2 Å². The van der Waals surface area contributed by atoms with Gasteiger partial charge in [-0.2, -0.15) is 13.2 Å². The van der Waals surface area contributed by atoms with Crippen molar-refractivity contribution >= 4 is 17.0 Å². The van der Waals surface area contributed by atoms with Crippen molar-refractivity contribution in [1.82, 2.24) is 9.55 Å². The van der Waals surface area contributed by atoms with E-state index in [1.165, 1.54) is 5.56 Å². The van der Waals surface area contributed by atoms with Crippen LogP contribution in [0.5, 0.6) is 0 Å². The Kier molecular flexibility index (Phi) is 9.57. The number of fused-ring (bicyclic) bond motifs is 1. The molecule has 0 aliphatic heterocycles. The van der Waals surface area contributed by atoms with Gasteiger partial charge in [0.25, 0.3) is 5.56 Å². The number of carbonyl (C=O) groups is 1. The minimum absolute atomic E-state index is 0.0192. The first-order valence-corrected chi connectivity index (χ1v) is 16.3. The van der Waals surface area contributed by atoms with E-state index in [0.717, 1.165) is 62.4 Å². The number of carbonyl (C=O) groups excluding carboxylic acids is 1. The Morgan fingerprint density at radius 3 is 2.16 bits per heavy atom. The van der Waals surface area contributed by atoms with E-state index in [9.17, 15) is 22.8 Å². The zero-order valence-electron chi connectivity index (χ0n) is 26.2. The highest BCUT2D eigenvalue weighted by Gasteiger charge is 2.79. The van der Waals surface area contributed by atoms with Crippen molar-refractivity contribution in [3.8, 4) is 0 Å². The third-order valence-electron chi connectivity index (χ3n) is 9.73. The van der Waals surface area contributed by atoms with Crippen LogP contribution in [0.15, 0.2) is 53.3 Å². The predicted molar refractivity (Wildman–Crippen MR) is 167 cm³/mol. The molecule has 1 heterocycles. The van der Waals surface area contributed by atoms with Crippen LogP contribution >= 0.6 is 0 Å². The molecule has 3 aliphatic rings. The summed E-state index contributed by atoms with van der Waals surface area (Å²) in [5.74, 6) is 0.137. The molecule has 3 aromatic rings. The summed E-state index contributed by atoms with van der Waals surface area (Å²) in [5.41, 5.74) is 1.43. The number of hydrogen-bond acceptors (Lipinski definition) is 4. The Balaban J connectivity index is 1.01. The molecule has 1 unspecified atom stereocenters. The molecule has 238 valence electrons. The largest absolute Gasteiger partial charge is 0.465 e. The first-order valence-electron chi connectivity index (χ1n) is 16.3. The van der Waals surface area contributed by atoms with Crippen molar-refractivity contribution in [2.45, 2.75) is 115 Å². The summed E-state index contributed by atoms with van der Waals surface area (Å²) in [7, 11) is 0. The average Bonchev–Trinajstić information content (AvgIpc) is 2.92. The van der Waals surface area contributed by atoms with Gasteiger partial charge < -0.3 is 9.30 Å². The number of ether oxygens (including phenoxy) is 1. The molecule has 1 aromatic heterocycles. The van der Waals surface area contributed by atoms with Crippen LogP contribution < -0.4 is 5.56 Å². The van der Waals surface area contributed by atoms with E-state index < -0.39 is 17.0 Å². The minimum Gasteiger partial charge on any atom is -0.465 e. The number of alkyl halides is 3. The van der Waals surface area contributed by atoms with Gasteiger partial charge in [0.15, 0.2) is 0 Å². The van der Waals surface area contributed by atoms with Crippen LogP contribution in [0.4, 0.5) is 13.2 Å². The first-order chi connectivity index (χ1) is 20.9. The van der Waals surface area contributed by atoms with Crippen molar-refractivity contribution < 1.29 is 22.7 Å². The van der Waals surface area contributed by atoms with Crippen LogP contribution in [0.2, 0.25) is 0 Å². The van der Waals surface area contributed by atoms with Gasteiger partial charge in [0.1, 0.15) is 5.69 Å². The Hall–Kier alpha value is -3.16. The number of unbranched alkanes of at least 4 members (excludes halogenated alkanes) is 6. The summed E-state index contributed by atoms with van der Waals surface area (Å²) >= 11 is 0. The van der Waals surface area contributed by atoms with Gasteiger partial charge in [-0.15, -0.1) is 0 Å². The minimum atomic E-state index is -4.21. The number of para-hydroxylation sites is 2. The molecule has 2 bridgehead atoms. The smallest absolute Gasteiger partial charge is 0.394 e. The average molecular weight is 611 g/mol. The van der Waals surface area contributed by atoms with Crippen LogP contribution in [0.1, 0.15) is 108 Å². The lowest BCUT2D eigenvalue weighted by Gasteiger charge is -2.69. The molecule has 3 saturated carbocycles.